The average molecular weight is 250 g/mol. The lowest BCUT2D eigenvalue weighted by Crippen LogP contribution is -2.37. The van der Waals surface area contributed by atoms with E-state index >= 15 is 0 Å². The van der Waals surface area contributed by atoms with Gasteiger partial charge in [-0.05, 0) is 57.2 Å². The van der Waals surface area contributed by atoms with Gasteiger partial charge in [0.05, 0.1) is 0 Å². The van der Waals surface area contributed by atoms with Crippen LogP contribution in [0, 0.1) is 20.8 Å². The minimum Gasteiger partial charge on any atom is -0.507 e. The Labute approximate surface area is 108 Å². The van der Waals surface area contributed by atoms with Gasteiger partial charge < -0.3 is 14.9 Å². The summed E-state index contributed by atoms with van der Waals surface area (Å²) in [4.78, 5) is 0. The number of fused-ring (bicyclic) bond motifs is 1. The van der Waals surface area contributed by atoms with Crippen molar-refractivity contribution in [3.8, 4) is 11.5 Å². The molecule has 3 heteroatoms. The van der Waals surface area contributed by atoms with E-state index in [0.717, 1.165) is 40.8 Å². The van der Waals surface area contributed by atoms with Crippen molar-refractivity contribution in [2.75, 3.05) is 6.61 Å². The summed E-state index contributed by atoms with van der Waals surface area (Å²) < 4.78 is 6.14. The van der Waals surface area contributed by atoms with Crippen LogP contribution in [0.5, 0.6) is 11.5 Å². The van der Waals surface area contributed by atoms with Crippen molar-refractivity contribution in [3.05, 3.63) is 22.3 Å². The summed E-state index contributed by atoms with van der Waals surface area (Å²) in [5.41, 5.74) is 3.66. The standard InChI is InChI=1S/C15H22O3/c1-9-10(2)14-12(11(3)13(9)17)5-6-15(4,18-14)7-8-16/h16-17H,5-8H2,1-4H3. The highest BCUT2D eigenvalue weighted by Crippen LogP contribution is 2.43. The second-order valence-electron chi connectivity index (χ2n) is 5.56. The summed E-state index contributed by atoms with van der Waals surface area (Å²) in [5, 5.41) is 19.2. The third-order valence-electron chi connectivity index (χ3n) is 4.23. The predicted molar refractivity (Wildman–Crippen MR) is 71.4 cm³/mol. The SMILES string of the molecule is Cc1c(C)c2c(c(C)c1O)CCC(C)(CCO)O2. The van der Waals surface area contributed by atoms with Crippen molar-refractivity contribution in [2.24, 2.45) is 0 Å². The molecule has 1 aromatic carbocycles. The molecular weight excluding hydrogens is 228 g/mol. The summed E-state index contributed by atoms with van der Waals surface area (Å²) in [6.45, 7) is 8.03. The first-order chi connectivity index (χ1) is 8.39. The molecule has 1 aliphatic rings. The van der Waals surface area contributed by atoms with Gasteiger partial charge >= 0.3 is 0 Å². The summed E-state index contributed by atoms with van der Waals surface area (Å²) in [6.07, 6.45) is 2.42. The first-order valence-corrected chi connectivity index (χ1v) is 6.51. The Balaban J connectivity index is 2.50. The van der Waals surface area contributed by atoms with Gasteiger partial charge in [-0.2, -0.15) is 0 Å². The van der Waals surface area contributed by atoms with Crippen molar-refractivity contribution in [1.82, 2.24) is 0 Å². The topological polar surface area (TPSA) is 49.7 Å². The van der Waals surface area contributed by atoms with Crippen molar-refractivity contribution in [2.45, 2.75) is 52.6 Å². The molecular formula is C15H22O3. The molecule has 0 saturated heterocycles. The molecule has 18 heavy (non-hydrogen) atoms. The van der Waals surface area contributed by atoms with Crippen LogP contribution in [0.4, 0.5) is 0 Å². The summed E-state index contributed by atoms with van der Waals surface area (Å²) in [5.74, 6) is 1.30. The Morgan fingerprint density at radius 1 is 1.17 bits per heavy atom. The molecule has 3 nitrogen and oxygen atoms in total. The van der Waals surface area contributed by atoms with Crippen molar-refractivity contribution >= 4 is 0 Å². The summed E-state index contributed by atoms with van der Waals surface area (Å²) in [7, 11) is 0. The van der Waals surface area contributed by atoms with Crippen LogP contribution >= 0.6 is 0 Å². The van der Waals surface area contributed by atoms with Gasteiger partial charge in [-0.25, -0.2) is 0 Å². The minimum atomic E-state index is -0.289. The minimum absolute atomic E-state index is 0.140. The van der Waals surface area contributed by atoms with Crippen LogP contribution in [-0.2, 0) is 6.42 Å². The van der Waals surface area contributed by atoms with E-state index in [2.05, 4.69) is 0 Å². The van der Waals surface area contributed by atoms with Crippen LogP contribution < -0.4 is 4.74 Å². The first-order valence-electron chi connectivity index (χ1n) is 6.51. The third-order valence-corrected chi connectivity index (χ3v) is 4.23. The van der Waals surface area contributed by atoms with Gasteiger partial charge in [0.15, 0.2) is 0 Å². The quantitative estimate of drug-likeness (QED) is 0.848. The third kappa shape index (κ3) is 1.97. The number of ether oxygens (including phenoxy) is 1. The fraction of sp³-hybridized carbons (Fsp3) is 0.600. The summed E-state index contributed by atoms with van der Waals surface area (Å²) >= 11 is 0. The average Bonchev–Trinajstić information content (AvgIpc) is 2.34. The van der Waals surface area contributed by atoms with Gasteiger partial charge in [-0.3, -0.25) is 0 Å². The van der Waals surface area contributed by atoms with E-state index in [1.54, 1.807) is 0 Å². The summed E-state index contributed by atoms with van der Waals surface area (Å²) in [6, 6.07) is 0. The Morgan fingerprint density at radius 3 is 2.44 bits per heavy atom. The number of phenols is 1. The first kappa shape index (κ1) is 13.2. The molecule has 2 N–H and O–H groups in total. The molecule has 100 valence electrons. The Kier molecular flexibility index (Phi) is 3.28. The predicted octanol–water partition coefficient (Wildman–Crippen LogP) is 2.78. The fourth-order valence-electron chi connectivity index (χ4n) is 2.71. The van der Waals surface area contributed by atoms with Gasteiger partial charge in [-0.15, -0.1) is 0 Å². The molecule has 1 aliphatic heterocycles. The van der Waals surface area contributed by atoms with E-state index in [1.165, 1.54) is 0 Å². The van der Waals surface area contributed by atoms with Crippen LogP contribution in [0.25, 0.3) is 0 Å². The normalized spacial score (nSPS) is 22.5. The lowest BCUT2D eigenvalue weighted by molar-refractivity contribution is 0.0378. The number of aliphatic hydroxyl groups excluding tert-OH is 1. The van der Waals surface area contributed by atoms with Gasteiger partial charge in [0, 0.05) is 18.6 Å². The highest BCUT2D eigenvalue weighted by Gasteiger charge is 2.33. The van der Waals surface area contributed by atoms with E-state index in [4.69, 9.17) is 9.84 Å². The number of hydrogen-bond donors (Lipinski definition) is 2. The maximum absolute atomic E-state index is 10.1. The maximum Gasteiger partial charge on any atom is 0.127 e. The van der Waals surface area contributed by atoms with Crippen molar-refractivity contribution in [3.63, 3.8) is 0 Å². The molecule has 0 bridgehead atoms. The molecule has 1 heterocycles. The largest absolute Gasteiger partial charge is 0.507 e. The van der Waals surface area contributed by atoms with Crippen molar-refractivity contribution < 1.29 is 14.9 Å². The molecule has 0 spiro atoms. The zero-order valence-electron chi connectivity index (χ0n) is 11.6. The molecule has 0 radical (unpaired) electrons. The zero-order valence-corrected chi connectivity index (χ0v) is 11.6. The Morgan fingerprint density at radius 2 is 1.83 bits per heavy atom. The van der Waals surface area contributed by atoms with Crippen LogP contribution in [0.2, 0.25) is 0 Å². The van der Waals surface area contributed by atoms with Crippen LogP contribution in [-0.4, -0.2) is 22.4 Å². The van der Waals surface area contributed by atoms with Crippen LogP contribution in [0.1, 0.15) is 42.0 Å². The number of rotatable bonds is 2. The van der Waals surface area contributed by atoms with E-state index in [0.29, 0.717) is 12.2 Å². The number of benzene rings is 1. The van der Waals surface area contributed by atoms with Gasteiger partial charge in [-0.1, -0.05) is 0 Å². The maximum atomic E-state index is 10.1. The molecule has 0 saturated carbocycles. The Bertz CT molecular complexity index is 479. The number of aromatic hydroxyl groups is 1. The van der Waals surface area contributed by atoms with Gasteiger partial charge in [0.2, 0.25) is 0 Å². The molecule has 1 aromatic rings. The molecule has 0 fully saturated rings. The zero-order chi connectivity index (χ0) is 13.5. The highest BCUT2D eigenvalue weighted by atomic mass is 16.5. The fourth-order valence-corrected chi connectivity index (χ4v) is 2.71. The van der Waals surface area contributed by atoms with Gasteiger partial charge in [0.1, 0.15) is 17.1 Å². The molecule has 0 aliphatic carbocycles. The molecule has 0 amide bonds. The van der Waals surface area contributed by atoms with Crippen LogP contribution in [0.3, 0.4) is 0 Å². The van der Waals surface area contributed by atoms with E-state index < -0.39 is 0 Å². The highest BCUT2D eigenvalue weighted by molar-refractivity contribution is 5.58. The van der Waals surface area contributed by atoms with E-state index in [1.807, 2.05) is 27.7 Å². The van der Waals surface area contributed by atoms with Crippen LogP contribution in [0.15, 0.2) is 0 Å². The number of hydrogen-bond acceptors (Lipinski definition) is 3. The second-order valence-corrected chi connectivity index (χ2v) is 5.56. The lowest BCUT2D eigenvalue weighted by atomic mass is 9.86. The smallest absolute Gasteiger partial charge is 0.127 e. The second kappa shape index (κ2) is 4.47. The van der Waals surface area contributed by atoms with Gasteiger partial charge in [0.25, 0.3) is 0 Å². The molecule has 1 atom stereocenters. The molecule has 1 unspecified atom stereocenters. The Hall–Kier alpha value is -1.22. The molecule has 2 rings (SSSR count). The van der Waals surface area contributed by atoms with E-state index in [-0.39, 0.29) is 12.2 Å². The van der Waals surface area contributed by atoms with Crippen molar-refractivity contribution in [1.29, 1.82) is 0 Å². The number of aliphatic hydroxyl groups is 1. The number of phenolic OH excluding ortho intramolecular Hbond substituents is 1. The van der Waals surface area contributed by atoms with E-state index in [9.17, 15) is 5.11 Å². The lowest BCUT2D eigenvalue weighted by Gasteiger charge is -2.37. The molecule has 0 aromatic heterocycles. The monoisotopic (exact) mass is 250 g/mol.